The molecule has 1 saturated heterocycles. The molecule has 0 bridgehead atoms. The SMILES string of the molecule is COC(=O)[C@@H]1C[C@H]2CCCC[C@H]2N1C(=O)CNC(=O)NCC1CCCC1. The van der Waals surface area contributed by atoms with Gasteiger partial charge in [0.2, 0.25) is 5.91 Å². The van der Waals surface area contributed by atoms with E-state index in [4.69, 9.17) is 4.74 Å². The van der Waals surface area contributed by atoms with Crippen LogP contribution in [0.15, 0.2) is 0 Å². The summed E-state index contributed by atoms with van der Waals surface area (Å²) in [6.45, 7) is 0.590. The van der Waals surface area contributed by atoms with Crippen molar-refractivity contribution in [1.82, 2.24) is 15.5 Å². The highest BCUT2D eigenvalue weighted by Crippen LogP contribution is 2.40. The minimum absolute atomic E-state index is 0.0762. The molecule has 1 aliphatic heterocycles. The first-order valence-corrected chi connectivity index (χ1v) is 10.0. The third-order valence-corrected chi connectivity index (χ3v) is 6.28. The van der Waals surface area contributed by atoms with Gasteiger partial charge in [-0.15, -0.1) is 0 Å². The maximum Gasteiger partial charge on any atom is 0.328 e. The Kier molecular flexibility index (Phi) is 6.38. The number of amides is 3. The lowest BCUT2D eigenvalue weighted by Crippen LogP contribution is -2.51. The number of esters is 1. The Morgan fingerprint density at radius 3 is 2.42 bits per heavy atom. The van der Waals surface area contributed by atoms with Crippen LogP contribution >= 0.6 is 0 Å². The van der Waals surface area contributed by atoms with Crippen LogP contribution in [0.25, 0.3) is 0 Å². The van der Waals surface area contributed by atoms with Crippen LogP contribution in [-0.2, 0) is 14.3 Å². The zero-order chi connectivity index (χ0) is 18.5. The highest BCUT2D eigenvalue weighted by Gasteiger charge is 2.47. The number of hydrogen-bond acceptors (Lipinski definition) is 4. The summed E-state index contributed by atoms with van der Waals surface area (Å²) < 4.78 is 4.91. The number of urea groups is 1. The number of carbonyl (C=O) groups excluding carboxylic acids is 3. The number of ether oxygens (including phenoxy) is 1. The van der Waals surface area contributed by atoms with Gasteiger partial charge in [0.15, 0.2) is 0 Å². The van der Waals surface area contributed by atoms with Crippen LogP contribution in [0.2, 0.25) is 0 Å². The molecule has 0 spiro atoms. The molecule has 7 nitrogen and oxygen atoms in total. The Morgan fingerprint density at radius 1 is 1.00 bits per heavy atom. The molecule has 146 valence electrons. The normalized spacial score (nSPS) is 28.5. The fourth-order valence-electron chi connectivity index (χ4n) is 4.93. The van der Waals surface area contributed by atoms with E-state index >= 15 is 0 Å². The Hall–Kier alpha value is -1.79. The number of likely N-dealkylation sites (tertiary alicyclic amines) is 1. The van der Waals surface area contributed by atoms with Crippen molar-refractivity contribution in [2.24, 2.45) is 11.8 Å². The number of nitrogens with zero attached hydrogens (tertiary/aromatic N) is 1. The number of methoxy groups -OCH3 is 1. The molecule has 0 aromatic rings. The van der Waals surface area contributed by atoms with Gasteiger partial charge in [-0.2, -0.15) is 0 Å². The predicted molar refractivity (Wildman–Crippen MR) is 96.4 cm³/mol. The number of hydrogen-bond donors (Lipinski definition) is 2. The van der Waals surface area contributed by atoms with Crippen molar-refractivity contribution in [3.05, 3.63) is 0 Å². The van der Waals surface area contributed by atoms with E-state index in [2.05, 4.69) is 10.6 Å². The Balaban J connectivity index is 1.52. The number of nitrogens with one attached hydrogen (secondary N) is 2. The van der Waals surface area contributed by atoms with Gasteiger partial charge in [0.25, 0.3) is 0 Å². The molecule has 0 aromatic heterocycles. The standard InChI is InChI=1S/C19H31N3O4/c1-26-18(24)16-10-14-8-4-5-9-15(14)22(16)17(23)12-21-19(25)20-11-13-6-2-3-7-13/h13-16H,2-12H2,1H3,(H2,20,21,25)/t14-,15-,16+/m1/s1. The van der Waals surface area contributed by atoms with Crippen molar-refractivity contribution in [2.75, 3.05) is 20.2 Å². The van der Waals surface area contributed by atoms with Gasteiger partial charge in [0.05, 0.1) is 13.7 Å². The number of rotatable bonds is 5. The van der Waals surface area contributed by atoms with E-state index in [1.165, 1.54) is 20.0 Å². The molecule has 1 heterocycles. The molecule has 2 saturated carbocycles. The topological polar surface area (TPSA) is 87.7 Å². The van der Waals surface area contributed by atoms with Crippen LogP contribution in [0.4, 0.5) is 4.79 Å². The van der Waals surface area contributed by atoms with E-state index < -0.39 is 6.04 Å². The van der Waals surface area contributed by atoms with Gasteiger partial charge in [0.1, 0.15) is 6.04 Å². The van der Waals surface area contributed by atoms with E-state index in [9.17, 15) is 14.4 Å². The number of fused-ring (bicyclic) bond motifs is 1. The second-order valence-corrected chi connectivity index (χ2v) is 7.90. The summed E-state index contributed by atoms with van der Waals surface area (Å²) in [4.78, 5) is 38.6. The van der Waals surface area contributed by atoms with Gasteiger partial charge in [-0.1, -0.05) is 25.7 Å². The molecule has 3 aliphatic rings. The molecule has 0 unspecified atom stereocenters. The first kappa shape index (κ1) is 19.0. The fraction of sp³-hybridized carbons (Fsp3) is 0.842. The zero-order valence-electron chi connectivity index (χ0n) is 15.7. The first-order valence-electron chi connectivity index (χ1n) is 10.0. The highest BCUT2D eigenvalue weighted by atomic mass is 16.5. The van der Waals surface area contributed by atoms with Crippen LogP contribution in [0.5, 0.6) is 0 Å². The maximum atomic E-state index is 12.8. The monoisotopic (exact) mass is 365 g/mol. The van der Waals surface area contributed by atoms with Gasteiger partial charge in [-0.05, 0) is 43.9 Å². The van der Waals surface area contributed by atoms with E-state index in [1.807, 2.05) is 0 Å². The molecule has 3 rings (SSSR count). The van der Waals surface area contributed by atoms with Gasteiger partial charge < -0.3 is 20.3 Å². The Labute approximate surface area is 155 Å². The molecule has 3 amide bonds. The van der Waals surface area contributed by atoms with Crippen LogP contribution in [0.1, 0.15) is 57.8 Å². The predicted octanol–water partition coefficient (Wildman–Crippen LogP) is 1.81. The molecular formula is C19H31N3O4. The Bertz CT molecular complexity index is 533. The summed E-state index contributed by atoms with van der Waals surface area (Å²) in [5.41, 5.74) is 0. The maximum absolute atomic E-state index is 12.8. The van der Waals surface area contributed by atoms with Gasteiger partial charge in [-0.3, -0.25) is 4.79 Å². The van der Waals surface area contributed by atoms with Gasteiger partial charge in [0, 0.05) is 12.6 Å². The second-order valence-electron chi connectivity index (χ2n) is 7.90. The van der Waals surface area contributed by atoms with Crippen molar-refractivity contribution in [3.8, 4) is 0 Å². The average Bonchev–Trinajstić information content (AvgIpc) is 3.31. The molecular weight excluding hydrogens is 334 g/mol. The van der Waals surface area contributed by atoms with Crippen LogP contribution in [-0.4, -0.2) is 55.1 Å². The summed E-state index contributed by atoms with van der Waals surface area (Å²) in [6, 6.07) is -0.716. The first-order chi connectivity index (χ1) is 12.6. The molecule has 3 atom stereocenters. The molecule has 0 aromatic carbocycles. The zero-order valence-corrected chi connectivity index (χ0v) is 15.7. The number of carbonyl (C=O) groups is 3. The molecule has 7 heteroatoms. The quantitative estimate of drug-likeness (QED) is 0.728. The second kappa shape index (κ2) is 8.73. The minimum Gasteiger partial charge on any atom is -0.467 e. The molecule has 3 fully saturated rings. The molecule has 2 aliphatic carbocycles. The van der Waals surface area contributed by atoms with Crippen molar-refractivity contribution < 1.29 is 19.1 Å². The fourth-order valence-corrected chi connectivity index (χ4v) is 4.93. The third-order valence-electron chi connectivity index (χ3n) is 6.28. The van der Waals surface area contributed by atoms with Crippen molar-refractivity contribution in [2.45, 2.75) is 69.9 Å². The lowest BCUT2D eigenvalue weighted by molar-refractivity contribution is -0.152. The van der Waals surface area contributed by atoms with Crippen LogP contribution < -0.4 is 10.6 Å². The smallest absolute Gasteiger partial charge is 0.328 e. The lowest BCUT2D eigenvalue weighted by Gasteiger charge is -2.33. The lowest BCUT2D eigenvalue weighted by atomic mass is 9.85. The summed E-state index contributed by atoms with van der Waals surface area (Å²) in [5.74, 6) is 0.388. The van der Waals surface area contributed by atoms with Crippen molar-refractivity contribution in [3.63, 3.8) is 0 Å². The van der Waals surface area contributed by atoms with Gasteiger partial charge in [-0.25, -0.2) is 9.59 Å². The molecule has 0 radical (unpaired) electrons. The van der Waals surface area contributed by atoms with E-state index in [1.54, 1.807) is 4.90 Å². The largest absolute Gasteiger partial charge is 0.467 e. The summed E-state index contributed by atoms with van der Waals surface area (Å²) in [6.07, 6.45) is 9.69. The van der Waals surface area contributed by atoms with E-state index in [0.29, 0.717) is 24.8 Å². The molecule has 2 N–H and O–H groups in total. The highest BCUT2D eigenvalue weighted by molar-refractivity contribution is 5.89. The van der Waals surface area contributed by atoms with Gasteiger partial charge >= 0.3 is 12.0 Å². The molecule has 26 heavy (non-hydrogen) atoms. The van der Waals surface area contributed by atoms with Crippen molar-refractivity contribution >= 4 is 17.9 Å². The average molecular weight is 365 g/mol. The Morgan fingerprint density at radius 2 is 1.69 bits per heavy atom. The van der Waals surface area contributed by atoms with Crippen LogP contribution in [0, 0.1) is 11.8 Å². The summed E-state index contributed by atoms with van der Waals surface area (Å²) in [5, 5.41) is 5.52. The minimum atomic E-state index is -0.510. The summed E-state index contributed by atoms with van der Waals surface area (Å²) in [7, 11) is 1.36. The summed E-state index contributed by atoms with van der Waals surface area (Å²) >= 11 is 0. The van der Waals surface area contributed by atoms with E-state index in [-0.39, 0.29) is 30.5 Å². The van der Waals surface area contributed by atoms with Crippen LogP contribution in [0.3, 0.4) is 0 Å². The van der Waals surface area contributed by atoms with Crippen molar-refractivity contribution in [1.29, 1.82) is 0 Å². The third kappa shape index (κ3) is 4.30. The van der Waals surface area contributed by atoms with E-state index in [0.717, 1.165) is 38.5 Å².